The van der Waals surface area contributed by atoms with Crippen LogP contribution in [-0.2, 0) is 0 Å². The number of methoxy groups -OCH3 is 1. The Kier molecular flexibility index (Phi) is 3.04. The van der Waals surface area contributed by atoms with Gasteiger partial charge in [-0.2, -0.15) is 0 Å². The summed E-state index contributed by atoms with van der Waals surface area (Å²) < 4.78 is 6.54. The molecule has 1 amide bonds. The highest BCUT2D eigenvalue weighted by Gasteiger charge is 2.09. The average molecular weight is 268 g/mol. The van der Waals surface area contributed by atoms with Crippen molar-refractivity contribution in [2.45, 2.75) is 0 Å². The lowest BCUT2D eigenvalue weighted by atomic mass is 10.3. The standard InChI is InChI=1S/C14H12N4O2/c1-20-13-7-6-10(8-15-13)14(19)17-18-9-16-11-4-2-3-5-12(11)18/h2-9H,1H3,(H,17,19). The monoisotopic (exact) mass is 268 g/mol. The first-order valence-corrected chi connectivity index (χ1v) is 6.01. The molecule has 0 fully saturated rings. The normalized spacial score (nSPS) is 10.4. The van der Waals surface area contributed by atoms with Crippen molar-refractivity contribution in [1.82, 2.24) is 14.6 Å². The number of pyridine rings is 1. The molecule has 0 bridgehead atoms. The number of carbonyl (C=O) groups is 1. The molecule has 0 aliphatic rings. The molecule has 3 rings (SSSR count). The number of amides is 1. The molecular formula is C14H12N4O2. The fraction of sp³-hybridized carbons (Fsp3) is 0.0714. The SMILES string of the molecule is COc1ccc(C(=O)Nn2cnc3ccccc32)cn1. The van der Waals surface area contributed by atoms with E-state index in [1.807, 2.05) is 24.3 Å². The molecule has 0 radical (unpaired) electrons. The molecule has 20 heavy (non-hydrogen) atoms. The van der Waals surface area contributed by atoms with Crippen LogP contribution in [0.5, 0.6) is 5.88 Å². The number of rotatable bonds is 3. The first-order chi connectivity index (χ1) is 9.78. The molecule has 0 aliphatic heterocycles. The second-order valence-electron chi connectivity index (χ2n) is 4.13. The highest BCUT2D eigenvalue weighted by Crippen LogP contribution is 2.11. The van der Waals surface area contributed by atoms with Crippen molar-refractivity contribution < 1.29 is 9.53 Å². The van der Waals surface area contributed by atoms with Gasteiger partial charge in [-0.3, -0.25) is 10.2 Å². The highest BCUT2D eigenvalue weighted by atomic mass is 16.5. The fourth-order valence-electron chi connectivity index (χ4n) is 1.86. The van der Waals surface area contributed by atoms with E-state index in [0.717, 1.165) is 11.0 Å². The van der Waals surface area contributed by atoms with Crippen LogP contribution in [0.25, 0.3) is 11.0 Å². The van der Waals surface area contributed by atoms with Gasteiger partial charge in [-0.25, -0.2) is 14.6 Å². The summed E-state index contributed by atoms with van der Waals surface area (Å²) in [6, 6.07) is 10.8. The number of para-hydroxylation sites is 2. The zero-order valence-electron chi connectivity index (χ0n) is 10.8. The number of aromatic nitrogens is 3. The number of nitrogens with one attached hydrogen (secondary N) is 1. The Hall–Kier alpha value is -2.89. The molecule has 6 heteroatoms. The van der Waals surface area contributed by atoms with Gasteiger partial charge in [-0.05, 0) is 18.2 Å². The summed E-state index contributed by atoms with van der Waals surface area (Å²) in [5.41, 5.74) is 4.86. The minimum atomic E-state index is -0.261. The van der Waals surface area contributed by atoms with Crippen LogP contribution in [0.4, 0.5) is 0 Å². The molecule has 6 nitrogen and oxygen atoms in total. The van der Waals surface area contributed by atoms with Crippen molar-refractivity contribution in [1.29, 1.82) is 0 Å². The number of benzene rings is 1. The van der Waals surface area contributed by atoms with Crippen LogP contribution in [0.15, 0.2) is 48.9 Å². The van der Waals surface area contributed by atoms with Gasteiger partial charge in [0, 0.05) is 12.3 Å². The van der Waals surface area contributed by atoms with Gasteiger partial charge in [-0.1, -0.05) is 12.1 Å². The van der Waals surface area contributed by atoms with Crippen molar-refractivity contribution in [3.8, 4) is 5.88 Å². The number of nitrogens with zero attached hydrogens (tertiary/aromatic N) is 3. The van der Waals surface area contributed by atoms with Gasteiger partial charge in [0.15, 0.2) is 0 Å². The van der Waals surface area contributed by atoms with E-state index < -0.39 is 0 Å². The van der Waals surface area contributed by atoms with Gasteiger partial charge in [0.25, 0.3) is 5.91 Å². The number of hydrogen-bond donors (Lipinski definition) is 1. The number of hydrogen-bond acceptors (Lipinski definition) is 4. The topological polar surface area (TPSA) is 69.0 Å². The predicted molar refractivity (Wildman–Crippen MR) is 74.2 cm³/mol. The molecule has 0 spiro atoms. The maximum Gasteiger partial charge on any atom is 0.271 e. The number of fused-ring (bicyclic) bond motifs is 1. The molecule has 100 valence electrons. The van der Waals surface area contributed by atoms with Crippen molar-refractivity contribution in [2.24, 2.45) is 0 Å². The molecule has 1 N–H and O–H groups in total. The molecule has 2 aromatic heterocycles. The Morgan fingerprint density at radius 1 is 1.20 bits per heavy atom. The van der Waals surface area contributed by atoms with Crippen LogP contribution in [0.2, 0.25) is 0 Å². The van der Waals surface area contributed by atoms with Gasteiger partial charge in [0.1, 0.15) is 6.33 Å². The summed E-state index contributed by atoms with van der Waals surface area (Å²) in [7, 11) is 1.53. The van der Waals surface area contributed by atoms with Crippen molar-refractivity contribution in [3.63, 3.8) is 0 Å². The van der Waals surface area contributed by atoms with Crippen LogP contribution in [0.1, 0.15) is 10.4 Å². The Labute approximate surface area is 115 Å². The lowest BCUT2D eigenvalue weighted by Gasteiger charge is -2.07. The Morgan fingerprint density at radius 2 is 2.05 bits per heavy atom. The maximum atomic E-state index is 12.1. The van der Waals surface area contributed by atoms with Crippen molar-refractivity contribution in [3.05, 3.63) is 54.5 Å². The average Bonchev–Trinajstić information content (AvgIpc) is 2.91. The van der Waals surface area contributed by atoms with Crippen LogP contribution in [0.3, 0.4) is 0 Å². The molecule has 0 saturated carbocycles. The van der Waals surface area contributed by atoms with E-state index in [9.17, 15) is 4.79 Å². The van der Waals surface area contributed by atoms with Crippen molar-refractivity contribution in [2.75, 3.05) is 12.5 Å². The third kappa shape index (κ3) is 2.18. The van der Waals surface area contributed by atoms with Gasteiger partial charge in [0.05, 0.1) is 23.7 Å². The second kappa shape index (κ2) is 5.00. The minimum Gasteiger partial charge on any atom is -0.481 e. The second-order valence-corrected chi connectivity index (χ2v) is 4.13. The summed E-state index contributed by atoms with van der Waals surface area (Å²) in [6.07, 6.45) is 3.03. The van der Waals surface area contributed by atoms with E-state index in [2.05, 4.69) is 15.4 Å². The molecule has 0 saturated heterocycles. The molecule has 2 heterocycles. The molecule has 3 aromatic rings. The van der Waals surface area contributed by atoms with E-state index >= 15 is 0 Å². The van der Waals surface area contributed by atoms with Crippen molar-refractivity contribution >= 4 is 16.9 Å². The molecule has 0 aliphatic carbocycles. The Balaban J connectivity index is 1.84. The summed E-state index contributed by atoms with van der Waals surface area (Å²) >= 11 is 0. The third-order valence-electron chi connectivity index (χ3n) is 2.88. The van der Waals surface area contributed by atoms with Gasteiger partial charge in [-0.15, -0.1) is 0 Å². The molecular weight excluding hydrogens is 256 g/mol. The first-order valence-electron chi connectivity index (χ1n) is 6.01. The van der Waals surface area contributed by atoms with Gasteiger partial charge in [0.2, 0.25) is 5.88 Å². The summed E-state index contributed by atoms with van der Waals surface area (Å²) in [5, 5.41) is 0. The lowest BCUT2D eigenvalue weighted by molar-refractivity contribution is 0.101. The first kappa shape index (κ1) is 12.2. The van der Waals surface area contributed by atoms with Gasteiger partial charge >= 0.3 is 0 Å². The van der Waals surface area contributed by atoms with E-state index in [-0.39, 0.29) is 5.91 Å². The lowest BCUT2D eigenvalue weighted by Crippen LogP contribution is -2.22. The number of imidazole rings is 1. The van der Waals surface area contributed by atoms with E-state index in [1.54, 1.807) is 23.1 Å². The van der Waals surface area contributed by atoms with Gasteiger partial charge < -0.3 is 4.74 Å². The number of ether oxygens (including phenoxy) is 1. The maximum absolute atomic E-state index is 12.1. The van der Waals surface area contributed by atoms with E-state index in [4.69, 9.17) is 4.74 Å². The smallest absolute Gasteiger partial charge is 0.271 e. The summed E-state index contributed by atoms with van der Waals surface area (Å²) in [4.78, 5) is 20.3. The van der Waals surface area contributed by atoms with Crippen LogP contribution < -0.4 is 10.2 Å². The minimum absolute atomic E-state index is 0.261. The molecule has 1 aromatic carbocycles. The molecule has 0 unspecified atom stereocenters. The summed E-state index contributed by atoms with van der Waals surface area (Å²) in [5.74, 6) is 0.206. The Bertz CT molecular complexity index is 749. The quantitative estimate of drug-likeness (QED) is 0.786. The fourth-order valence-corrected chi connectivity index (χ4v) is 1.86. The zero-order chi connectivity index (χ0) is 13.9. The zero-order valence-corrected chi connectivity index (χ0v) is 10.8. The summed E-state index contributed by atoms with van der Waals surface area (Å²) in [6.45, 7) is 0. The Morgan fingerprint density at radius 3 is 2.80 bits per heavy atom. The van der Waals surface area contributed by atoms with Crippen LogP contribution in [-0.4, -0.2) is 27.7 Å². The number of carbonyl (C=O) groups excluding carboxylic acids is 1. The van der Waals surface area contributed by atoms with Crippen LogP contribution >= 0.6 is 0 Å². The van der Waals surface area contributed by atoms with E-state index in [1.165, 1.54) is 13.3 Å². The molecule has 0 atom stereocenters. The van der Waals surface area contributed by atoms with E-state index in [0.29, 0.717) is 11.4 Å². The third-order valence-corrected chi connectivity index (χ3v) is 2.88. The predicted octanol–water partition coefficient (Wildman–Crippen LogP) is 1.82. The largest absolute Gasteiger partial charge is 0.481 e. The highest BCUT2D eigenvalue weighted by molar-refractivity contribution is 6.00. The van der Waals surface area contributed by atoms with Crippen LogP contribution in [0, 0.1) is 0 Å².